The van der Waals surface area contributed by atoms with Gasteiger partial charge in [-0.1, -0.05) is 35.8 Å². The van der Waals surface area contributed by atoms with E-state index in [-0.39, 0.29) is 11.9 Å². The maximum absolute atomic E-state index is 12.0. The minimum atomic E-state index is 0.0752. The Balaban J connectivity index is 2.13. The van der Waals surface area contributed by atoms with Crippen molar-refractivity contribution in [2.24, 2.45) is 0 Å². The SMILES string of the molecule is CCC(CC)NC(=O)Cn1ccc2c(Br)cccc21. The molecule has 0 unspecified atom stereocenters. The van der Waals surface area contributed by atoms with Crippen molar-refractivity contribution in [3.8, 4) is 0 Å². The smallest absolute Gasteiger partial charge is 0.240 e. The molecule has 3 nitrogen and oxygen atoms in total. The van der Waals surface area contributed by atoms with Gasteiger partial charge in [0.15, 0.2) is 0 Å². The third-order valence-electron chi connectivity index (χ3n) is 3.43. The normalized spacial score (nSPS) is 11.2. The van der Waals surface area contributed by atoms with Crippen molar-refractivity contribution in [1.29, 1.82) is 0 Å². The third kappa shape index (κ3) is 3.18. The lowest BCUT2D eigenvalue weighted by molar-refractivity contribution is -0.122. The summed E-state index contributed by atoms with van der Waals surface area (Å²) in [4.78, 5) is 12.0. The molecule has 19 heavy (non-hydrogen) atoms. The van der Waals surface area contributed by atoms with Crippen LogP contribution in [0.15, 0.2) is 34.9 Å². The van der Waals surface area contributed by atoms with Gasteiger partial charge in [0.2, 0.25) is 5.91 Å². The summed E-state index contributed by atoms with van der Waals surface area (Å²) in [5.41, 5.74) is 1.08. The van der Waals surface area contributed by atoms with Crippen molar-refractivity contribution in [3.63, 3.8) is 0 Å². The Hall–Kier alpha value is -1.29. The first-order chi connectivity index (χ1) is 9.15. The lowest BCUT2D eigenvalue weighted by atomic mass is 10.2. The molecule has 1 aromatic carbocycles. The Morgan fingerprint density at radius 3 is 2.74 bits per heavy atom. The number of nitrogens with one attached hydrogen (secondary N) is 1. The van der Waals surface area contributed by atoms with E-state index in [4.69, 9.17) is 0 Å². The molecule has 1 amide bonds. The van der Waals surface area contributed by atoms with E-state index in [0.29, 0.717) is 6.54 Å². The number of amides is 1. The second-order valence-electron chi connectivity index (χ2n) is 4.70. The molecule has 0 spiro atoms. The van der Waals surface area contributed by atoms with E-state index in [1.54, 1.807) is 0 Å². The highest BCUT2D eigenvalue weighted by atomic mass is 79.9. The predicted molar refractivity (Wildman–Crippen MR) is 82.2 cm³/mol. The summed E-state index contributed by atoms with van der Waals surface area (Å²) in [6.07, 6.45) is 3.91. The minimum absolute atomic E-state index is 0.0752. The Morgan fingerprint density at radius 1 is 1.32 bits per heavy atom. The van der Waals surface area contributed by atoms with Gasteiger partial charge in [-0.3, -0.25) is 4.79 Å². The van der Waals surface area contributed by atoms with Gasteiger partial charge in [-0.25, -0.2) is 0 Å². The molecule has 0 atom stereocenters. The molecule has 0 bridgehead atoms. The van der Waals surface area contributed by atoms with E-state index in [0.717, 1.165) is 28.2 Å². The fourth-order valence-electron chi connectivity index (χ4n) is 2.24. The average molecular weight is 323 g/mol. The number of carbonyl (C=O) groups is 1. The summed E-state index contributed by atoms with van der Waals surface area (Å²) in [7, 11) is 0. The highest BCUT2D eigenvalue weighted by Gasteiger charge is 2.10. The molecule has 1 heterocycles. The number of rotatable bonds is 5. The van der Waals surface area contributed by atoms with Gasteiger partial charge in [0.05, 0.1) is 0 Å². The molecule has 102 valence electrons. The standard InChI is InChI=1S/C15H19BrN2O/c1-3-11(4-2)17-15(19)10-18-9-8-12-13(16)6-5-7-14(12)18/h5-9,11H,3-4,10H2,1-2H3,(H,17,19). The molecule has 0 aliphatic rings. The number of hydrogen-bond donors (Lipinski definition) is 1. The van der Waals surface area contributed by atoms with E-state index < -0.39 is 0 Å². The van der Waals surface area contributed by atoms with Crippen LogP contribution in [-0.4, -0.2) is 16.5 Å². The van der Waals surface area contributed by atoms with Crippen LogP contribution in [0.3, 0.4) is 0 Å². The first kappa shape index (κ1) is 14.1. The van der Waals surface area contributed by atoms with Gasteiger partial charge >= 0.3 is 0 Å². The second kappa shape index (κ2) is 6.24. The van der Waals surface area contributed by atoms with Crippen molar-refractivity contribution < 1.29 is 4.79 Å². The molecule has 1 N–H and O–H groups in total. The van der Waals surface area contributed by atoms with Gasteiger partial charge in [-0.2, -0.15) is 0 Å². The van der Waals surface area contributed by atoms with Crippen molar-refractivity contribution in [2.45, 2.75) is 39.3 Å². The van der Waals surface area contributed by atoms with E-state index in [1.807, 2.05) is 35.0 Å². The molecule has 0 fully saturated rings. The third-order valence-corrected chi connectivity index (χ3v) is 4.12. The second-order valence-corrected chi connectivity index (χ2v) is 5.55. The van der Waals surface area contributed by atoms with Crippen molar-refractivity contribution in [1.82, 2.24) is 9.88 Å². The molecule has 0 aliphatic carbocycles. The lowest BCUT2D eigenvalue weighted by Gasteiger charge is -2.15. The molecule has 0 saturated carbocycles. The largest absolute Gasteiger partial charge is 0.352 e. The highest BCUT2D eigenvalue weighted by molar-refractivity contribution is 9.10. The summed E-state index contributed by atoms with van der Waals surface area (Å²) < 4.78 is 3.04. The Labute approximate surface area is 122 Å². The van der Waals surface area contributed by atoms with E-state index >= 15 is 0 Å². The van der Waals surface area contributed by atoms with Crippen LogP contribution >= 0.6 is 15.9 Å². The fraction of sp³-hybridized carbons (Fsp3) is 0.400. The monoisotopic (exact) mass is 322 g/mol. The number of hydrogen-bond acceptors (Lipinski definition) is 1. The van der Waals surface area contributed by atoms with Gasteiger partial charge in [-0.15, -0.1) is 0 Å². The van der Waals surface area contributed by atoms with Gasteiger partial charge in [0, 0.05) is 27.6 Å². The van der Waals surface area contributed by atoms with Crippen LogP contribution in [0.2, 0.25) is 0 Å². The maximum Gasteiger partial charge on any atom is 0.240 e. The molecular weight excluding hydrogens is 304 g/mol. The zero-order chi connectivity index (χ0) is 13.8. The van der Waals surface area contributed by atoms with Crippen LogP contribution < -0.4 is 5.32 Å². The predicted octanol–water partition coefficient (Wildman–Crippen LogP) is 3.71. The van der Waals surface area contributed by atoms with Crippen LogP contribution in [0.1, 0.15) is 26.7 Å². The van der Waals surface area contributed by atoms with Gasteiger partial charge < -0.3 is 9.88 Å². The Kier molecular flexibility index (Phi) is 4.64. The first-order valence-corrected chi connectivity index (χ1v) is 7.47. The summed E-state index contributed by atoms with van der Waals surface area (Å²) in [6.45, 7) is 4.56. The number of halogens is 1. The number of nitrogens with zero attached hydrogens (tertiary/aromatic N) is 1. The van der Waals surface area contributed by atoms with Crippen LogP contribution in [0, 0.1) is 0 Å². The van der Waals surface area contributed by atoms with E-state index in [1.165, 1.54) is 0 Å². The van der Waals surface area contributed by atoms with Crippen LogP contribution in [0.4, 0.5) is 0 Å². The molecule has 4 heteroatoms. The van der Waals surface area contributed by atoms with E-state index in [2.05, 4.69) is 35.1 Å². The summed E-state index contributed by atoms with van der Waals surface area (Å²) in [5, 5.41) is 4.20. The van der Waals surface area contributed by atoms with Crippen LogP contribution in [-0.2, 0) is 11.3 Å². The fourth-order valence-corrected chi connectivity index (χ4v) is 2.73. The summed E-state index contributed by atoms with van der Waals surface area (Å²) >= 11 is 3.53. The van der Waals surface area contributed by atoms with Gasteiger partial charge in [0.25, 0.3) is 0 Å². The highest BCUT2D eigenvalue weighted by Crippen LogP contribution is 2.24. The number of aromatic nitrogens is 1. The van der Waals surface area contributed by atoms with Crippen molar-refractivity contribution in [3.05, 3.63) is 34.9 Å². The quantitative estimate of drug-likeness (QED) is 0.894. The molecule has 0 saturated heterocycles. The molecule has 0 radical (unpaired) electrons. The molecule has 2 aromatic rings. The lowest BCUT2D eigenvalue weighted by Crippen LogP contribution is -2.36. The topological polar surface area (TPSA) is 34.0 Å². The minimum Gasteiger partial charge on any atom is -0.352 e. The summed E-state index contributed by atoms with van der Waals surface area (Å²) in [6, 6.07) is 8.34. The molecular formula is C15H19BrN2O. The number of benzene rings is 1. The van der Waals surface area contributed by atoms with Crippen molar-refractivity contribution in [2.75, 3.05) is 0 Å². The first-order valence-electron chi connectivity index (χ1n) is 6.68. The summed E-state index contributed by atoms with van der Waals surface area (Å²) in [5.74, 6) is 0.0752. The Bertz CT molecular complexity index is 573. The maximum atomic E-state index is 12.0. The average Bonchev–Trinajstić information content (AvgIpc) is 2.81. The van der Waals surface area contributed by atoms with Crippen LogP contribution in [0.5, 0.6) is 0 Å². The van der Waals surface area contributed by atoms with Crippen LogP contribution in [0.25, 0.3) is 10.9 Å². The molecule has 2 rings (SSSR count). The number of fused-ring (bicyclic) bond motifs is 1. The van der Waals surface area contributed by atoms with Gasteiger partial charge in [-0.05, 0) is 31.0 Å². The van der Waals surface area contributed by atoms with E-state index in [9.17, 15) is 4.79 Å². The number of carbonyl (C=O) groups excluding carboxylic acids is 1. The van der Waals surface area contributed by atoms with Crippen molar-refractivity contribution >= 4 is 32.7 Å². The zero-order valence-corrected chi connectivity index (χ0v) is 12.9. The zero-order valence-electron chi connectivity index (χ0n) is 11.3. The Morgan fingerprint density at radius 2 is 2.05 bits per heavy atom. The molecule has 0 aliphatic heterocycles. The molecule has 1 aromatic heterocycles. The van der Waals surface area contributed by atoms with Gasteiger partial charge in [0.1, 0.15) is 6.54 Å².